The third kappa shape index (κ3) is 4.30. The Morgan fingerprint density at radius 2 is 1.90 bits per heavy atom. The van der Waals surface area contributed by atoms with Crippen molar-refractivity contribution in [3.8, 4) is 6.07 Å². The number of benzene rings is 1. The van der Waals surface area contributed by atoms with Crippen molar-refractivity contribution < 1.29 is 9.90 Å². The lowest BCUT2D eigenvalue weighted by Crippen LogP contribution is -2.41. The number of hydrogen-bond donors (Lipinski definition) is 2. The fraction of sp³-hybridized carbons (Fsp3) is 0.529. The van der Waals surface area contributed by atoms with Crippen molar-refractivity contribution in [3.63, 3.8) is 0 Å². The van der Waals surface area contributed by atoms with E-state index in [4.69, 9.17) is 5.26 Å². The highest BCUT2D eigenvalue weighted by Crippen LogP contribution is 2.35. The van der Waals surface area contributed by atoms with Crippen LogP contribution in [0, 0.1) is 16.7 Å². The SMILES string of the molecule is N#Cc1ccc(CC(=O)NCC2(CO)CCCCC2)cc1. The van der Waals surface area contributed by atoms with Gasteiger partial charge in [0.25, 0.3) is 0 Å². The maximum absolute atomic E-state index is 12.0. The molecule has 0 aromatic heterocycles. The lowest BCUT2D eigenvalue weighted by molar-refractivity contribution is -0.121. The minimum atomic E-state index is -0.126. The zero-order valence-corrected chi connectivity index (χ0v) is 12.3. The van der Waals surface area contributed by atoms with Crippen molar-refractivity contribution in [2.24, 2.45) is 5.41 Å². The van der Waals surface area contributed by atoms with Gasteiger partial charge < -0.3 is 10.4 Å². The second kappa shape index (κ2) is 7.24. The molecule has 0 heterocycles. The van der Waals surface area contributed by atoms with Gasteiger partial charge in [-0.25, -0.2) is 0 Å². The standard InChI is InChI=1S/C17H22N2O2/c18-11-15-6-4-14(5-7-15)10-16(21)19-12-17(13-20)8-2-1-3-9-17/h4-7,20H,1-3,8-10,12-13H2,(H,19,21). The van der Waals surface area contributed by atoms with Crippen molar-refractivity contribution in [3.05, 3.63) is 35.4 Å². The Morgan fingerprint density at radius 1 is 1.24 bits per heavy atom. The lowest BCUT2D eigenvalue weighted by Gasteiger charge is -2.35. The average Bonchev–Trinajstić information content (AvgIpc) is 2.54. The van der Waals surface area contributed by atoms with Crippen LogP contribution < -0.4 is 5.32 Å². The minimum Gasteiger partial charge on any atom is -0.396 e. The molecule has 1 aromatic carbocycles. The third-order valence-electron chi connectivity index (χ3n) is 4.36. The summed E-state index contributed by atoms with van der Waals surface area (Å²) in [6, 6.07) is 9.11. The van der Waals surface area contributed by atoms with Gasteiger partial charge in [0.05, 0.1) is 24.7 Å². The van der Waals surface area contributed by atoms with Crippen molar-refractivity contribution >= 4 is 5.91 Å². The van der Waals surface area contributed by atoms with Crippen molar-refractivity contribution in [1.29, 1.82) is 5.26 Å². The van der Waals surface area contributed by atoms with E-state index in [0.29, 0.717) is 18.5 Å². The van der Waals surface area contributed by atoms with E-state index in [-0.39, 0.29) is 17.9 Å². The fourth-order valence-electron chi connectivity index (χ4n) is 2.92. The number of aliphatic hydroxyl groups is 1. The number of amides is 1. The molecule has 4 heteroatoms. The molecule has 0 unspecified atom stereocenters. The van der Waals surface area contributed by atoms with E-state index in [0.717, 1.165) is 31.2 Å². The first kappa shape index (κ1) is 15.5. The maximum Gasteiger partial charge on any atom is 0.224 e. The topological polar surface area (TPSA) is 73.1 Å². The number of hydrogen-bond acceptors (Lipinski definition) is 3. The fourth-order valence-corrected chi connectivity index (χ4v) is 2.92. The van der Waals surface area contributed by atoms with E-state index in [1.54, 1.807) is 24.3 Å². The van der Waals surface area contributed by atoms with Gasteiger partial charge in [-0.3, -0.25) is 4.79 Å². The van der Waals surface area contributed by atoms with Gasteiger partial charge in [-0.05, 0) is 30.5 Å². The number of nitriles is 1. The molecule has 0 saturated heterocycles. The molecule has 0 radical (unpaired) electrons. The Bertz CT molecular complexity index is 511. The normalized spacial score (nSPS) is 17.0. The van der Waals surface area contributed by atoms with Gasteiger partial charge in [-0.1, -0.05) is 31.4 Å². The minimum absolute atomic E-state index is 0.0295. The van der Waals surface area contributed by atoms with Crippen LogP contribution in [0.2, 0.25) is 0 Å². The molecule has 0 spiro atoms. The molecule has 1 aliphatic carbocycles. The molecule has 2 rings (SSSR count). The summed E-state index contributed by atoms with van der Waals surface area (Å²) in [5.74, 6) is -0.0295. The van der Waals surface area contributed by atoms with Crippen LogP contribution in [0.25, 0.3) is 0 Å². The first-order valence-corrected chi connectivity index (χ1v) is 7.54. The number of carbonyl (C=O) groups is 1. The van der Waals surface area contributed by atoms with Crippen LogP contribution in [0.4, 0.5) is 0 Å². The Kier molecular flexibility index (Phi) is 5.35. The molecule has 0 aliphatic heterocycles. The molecule has 1 saturated carbocycles. The highest BCUT2D eigenvalue weighted by molar-refractivity contribution is 5.78. The zero-order chi connectivity index (χ0) is 15.1. The quantitative estimate of drug-likeness (QED) is 0.871. The molecule has 1 aliphatic rings. The second-order valence-electron chi connectivity index (χ2n) is 5.98. The Hall–Kier alpha value is -1.86. The van der Waals surface area contributed by atoms with E-state index < -0.39 is 0 Å². The molecule has 21 heavy (non-hydrogen) atoms. The largest absolute Gasteiger partial charge is 0.396 e. The highest BCUT2D eigenvalue weighted by Gasteiger charge is 2.31. The van der Waals surface area contributed by atoms with Crippen LogP contribution >= 0.6 is 0 Å². The van der Waals surface area contributed by atoms with Crippen LogP contribution in [-0.4, -0.2) is 24.2 Å². The predicted octanol–water partition coefficient (Wildman–Crippen LogP) is 2.16. The van der Waals surface area contributed by atoms with Gasteiger partial charge in [0.15, 0.2) is 0 Å². The molecule has 1 aromatic rings. The average molecular weight is 286 g/mol. The summed E-state index contributed by atoms with van der Waals surface area (Å²) in [7, 11) is 0. The molecule has 112 valence electrons. The first-order chi connectivity index (χ1) is 10.2. The summed E-state index contributed by atoms with van der Waals surface area (Å²) in [5, 5.41) is 21.3. The number of carbonyl (C=O) groups excluding carboxylic acids is 1. The van der Waals surface area contributed by atoms with Gasteiger partial charge in [0.1, 0.15) is 0 Å². The Labute approximate surface area is 125 Å². The van der Waals surface area contributed by atoms with E-state index in [2.05, 4.69) is 11.4 Å². The van der Waals surface area contributed by atoms with Gasteiger partial charge in [0.2, 0.25) is 5.91 Å². The number of nitrogens with zero attached hydrogens (tertiary/aromatic N) is 1. The van der Waals surface area contributed by atoms with Crippen molar-refractivity contribution in [2.75, 3.05) is 13.2 Å². The molecule has 1 fully saturated rings. The summed E-state index contributed by atoms with van der Waals surface area (Å²) < 4.78 is 0. The smallest absolute Gasteiger partial charge is 0.224 e. The van der Waals surface area contributed by atoms with Crippen LogP contribution in [0.5, 0.6) is 0 Å². The van der Waals surface area contributed by atoms with Crippen molar-refractivity contribution in [1.82, 2.24) is 5.32 Å². The van der Waals surface area contributed by atoms with E-state index in [9.17, 15) is 9.90 Å². The summed E-state index contributed by atoms with van der Waals surface area (Å²) in [5.41, 5.74) is 1.37. The van der Waals surface area contributed by atoms with Gasteiger partial charge in [-0.15, -0.1) is 0 Å². The van der Waals surface area contributed by atoms with Crippen LogP contribution in [0.3, 0.4) is 0 Å². The number of nitrogens with one attached hydrogen (secondary N) is 1. The van der Waals surface area contributed by atoms with Gasteiger partial charge in [-0.2, -0.15) is 5.26 Å². The highest BCUT2D eigenvalue weighted by atomic mass is 16.3. The Morgan fingerprint density at radius 3 is 2.48 bits per heavy atom. The van der Waals surface area contributed by atoms with E-state index in [1.165, 1.54) is 6.42 Å². The molecule has 0 atom stereocenters. The van der Waals surface area contributed by atoms with Crippen LogP contribution in [-0.2, 0) is 11.2 Å². The summed E-state index contributed by atoms with van der Waals surface area (Å²) in [6.07, 6.45) is 5.77. The molecule has 4 nitrogen and oxygen atoms in total. The predicted molar refractivity (Wildman–Crippen MR) is 80.5 cm³/mol. The van der Waals surface area contributed by atoms with Crippen molar-refractivity contribution in [2.45, 2.75) is 38.5 Å². The van der Waals surface area contributed by atoms with Crippen LogP contribution in [0.1, 0.15) is 43.2 Å². The molecule has 2 N–H and O–H groups in total. The summed E-state index contributed by atoms with van der Waals surface area (Å²) in [4.78, 5) is 12.0. The monoisotopic (exact) mass is 286 g/mol. The zero-order valence-electron chi connectivity index (χ0n) is 12.3. The first-order valence-electron chi connectivity index (χ1n) is 7.54. The summed E-state index contributed by atoms with van der Waals surface area (Å²) >= 11 is 0. The number of aliphatic hydroxyl groups excluding tert-OH is 1. The Balaban J connectivity index is 1.85. The van der Waals surface area contributed by atoms with Gasteiger partial charge in [0, 0.05) is 12.0 Å². The molecule has 0 bridgehead atoms. The molecular weight excluding hydrogens is 264 g/mol. The number of rotatable bonds is 5. The molecule has 1 amide bonds. The summed E-state index contributed by atoms with van der Waals surface area (Å²) in [6.45, 7) is 0.697. The van der Waals surface area contributed by atoms with E-state index in [1.807, 2.05) is 0 Å². The van der Waals surface area contributed by atoms with Gasteiger partial charge >= 0.3 is 0 Å². The third-order valence-corrected chi connectivity index (χ3v) is 4.36. The maximum atomic E-state index is 12.0. The van der Waals surface area contributed by atoms with Crippen LogP contribution in [0.15, 0.2) is 24.3 Å². The second-order valence-corrected chi connectivity index (χ2v) is 5.98. The molecular formula is C17H22N2O2. The lowest BCUT2D eigenvalue weighted by atomic mass is 9.74. The van der Waals surface area contributed by atoms with E-state index >= 15 is 0 Å².